The van der Waals surface area contributed by atoms with E-state index in [0.29, 0.717) is 11.3 Å². The average Bonchev–Trinajstić information content (AvgIpc) is 2.46. The fourth-order valence-corrected chi connectivity index (χ4v) is 1.72. The van der Waals surface area contributed by atoms with Gasteiger partial charge in [-0.25, -0.2) is 4.79 Å². The number of aliphatic hydroxyl groups is 1. The number of para-hydroxylation sites is 1. The second-order valence-electron chi connectivity index (χ2n) is 4.05. The third-order valence-corrected chi connectivity index (χ3v) is 2.68. The molecule has 0 unspecified atom stereocenters. The zero-order chi connectivity index (χ0) is 13.7. The molecule has 98 valence electrons. The van der Waals surface area contributed by atoms with Gasteiger partial charge < -0.3 is 14.9 Å². The Kier molecular flexibility index (Phi) is 4.15. The average molecular weight is 258 g/mol. The summed E-state index contributed by atoms with van der Waals surface area (Å²) in [5.41, 5.74) is 0.505. The van der Waals surface area contributed by atoms with Crippen LogP contribution >= 0.6 is 0 Å². The molecule has 2 aromatic rings. The maximum absolute atomic E-state index is 11.2. The Morgan fingerprint density at radius 1 is 0.947 bits per heavy atom. The van der Waals surface area contributed by atoms with Gasteiger partial charge in [0.25, 0.3) is 0 Å². The van der Waals surface area contributed by atoms with Gasteiger partial charge in [0, 0.05) is 0 Å². The van der Waals surface area contributed by atoms with Crippen molar-refractivity contribution in [2.45, 2.75) is 12.2 Å². The lowest BCUT2D eigenvalue weighted by atomic mass is 10.0. The highest BCUT2D eigenvalue weighted by Crippen LogP contribution is 2.22. The molecule has 2 aromatic carbocycles. The molecule has 0 amide bonds. The monoisotopic (exact) mass is 258 g/mol. The number of aliphatic carboxylic acids is 1. The minimum Gasteiger partial charge on any atom is -0.478 e. The summed E-state index contributed by atoms with van der Waals surface area (Å²) >= 11 is 0. The van der Waals surface area contributed by atoms with Gasteiger partial charge in [-0.2, -0.15) is 0 Å². The van der Waals surface area contributed by atoms with Crippen LogP contribution in [0.3, 0.4) is 0 Å². The molecule has 0 fully saturated rings. The maximum atomic E-state index is 11.2. The smallest absolute Gasteiger partial charge is 0.348 e. The van der Waals surface area contributed by atoms with E-state index in [0.717, 1.165) is 0 Å². The normalized spacial score (nSPS) is 13.5. The molecule has 4 nitrogen and oxygen atoms in total. The number of carboxylic acids is 1. The quantitative estimate of drug-likeness (QED) is 0.863. The van der Waals surface area contributed by atoms with Gasteiger partial charge in [0.05, 0.1) is 0 Å². The number of aliphatic hydroxyl groups excluding tert-OH is 1. The Bertz CT molecular complexity index is 524. The van der Waals surface area contributed by atoms with Gasteiger partial charge in [-0.3, -0.25) is 0 Å². The van der Waals surface area contributed by atoms with Crippen LogP contribution in [0.2, 0.25) is 0 Å². The molecule has 0 saturated heterocycles. The molecule has 0 radical (unpaired) electrons. The van der Waals surface area contributed by atoms with Crippen LogP contribution in [0.4, 0.5) is 0 Å². The molecule has 0 heterocycles. The summed E-state index contributed by atoms with van der Waals surface area (Å²) < 4.78 is 5.34. The summed E-state index contributed by atoms with van der Waals surface area (Å²) in [4.78, 5) is 11.2. The third kappa shape index (κ3) is 3.33. The fraction of sp³-hybridized carbons (Fsp3) is 0.133. The van der Waals surface area contributed by atoms with Crippen LogP contribution in [-0.2, 0) is 4.79 Å². The molecule has 2 rings (SSSR count). The van der Waals surface area contributed by atoms with Crippen LogP contribution in [0.25, 0.3) is 0 Å². The van der Waals surface area contributed by atoms with E-state index in [1.54, 1.807) is 60.7 Å². The first kappa shape index (κ1) is 13.1. The van der Waals surface area contributed by atoms with Crippen molar-refractivity contribution in [1.82, 2.24) is 0 Å². The largest absolute Gasteiger partial charge is 0.478 e. The number of benzene rings is 2. The SMILES string of the molecule is O=C(O)[C@H](Oc1ccccc1)[C@H](O)c1ccccc1. The summed E-state index contributed by atoms with van der Waals surface area (Å²) in [5, 5.41) is 19.3. The molecule has 4 heteroatoms. The van der Waals surface area contributed by atoms with Crippen LogP contribution < -0.4 is 4.74 Å². The summed E-state index contributed by atoms with van der Waals surface area (Å²) in [6.07, 6.45) is -2.57. The van der Waals surface area contributed by atoms with E-state index in [2.05, 4.69) is 0 Å². The van der Waals surface area contributed by atoms with Crippen molar-refractivity contribution in [2.75, 3.05) is 0 Å². The van der Waals surface area contributed by atoms with E-state index in [1.807, 2.05) is 0 Å². The minimum absolute atomic E-state index is 0.407. The van der Waals surface area contributed by atoms with Gasteiger partial charge in [0.1, 0.15) is 11.9 Å². The first-order valence-corrected chi connectivity index (χ1v) is 5.86. The number of rotatable bonds is 5. The maximum Gasteiger partial charge on any atom is 0.348 e. The predicted octanol–water partition coefficient (Wildman–Crippen LogP) is 2.25. The van der Waals surface area contributed by atoms with Crippen molar-refractivity contribution in [3.63, 3.8) is 0 Å². The molecular weight excluding hydrogens is 244 g/mol. The number of carbonyl (C=O) groups is 1. The lowest BCUT2D eigenvalue weighted by molar-refractivity contribution is -0.150. The molecule has 0 spiro atoms. The molecule has 19 heavy (non-hydrogen) atoms. The van der Waals surface area contributed by atoms with E-state index in [9.17, 15) is 15.0 Å². The van der Waals surface area contributed by atoms with Crippen LogP contribution in [0.15, 0.2) is 60.7 Å². The van der Waals surface area contributed by atoms with Crippen molar-refractivity contribution in [1.29, 1.82) is 0 Å². The highest BCUT2D eigenvalue weighted by molar-refractivity contribution is 5.74. The molecule has 2 atom stereocenters. The highest BCUT2D eigenvalue weighted by atomic mass is 16.5. The van der Waals surface area contributed by atoms with Gasteiger partial charge in [-0.15, -0.1) is 0 Å². The Morgan fingerprint density at radius 3 is 2.00 bits per heavy atom. The summed E-state index contributed by atoms with van der Waals surface area (Å²) in [6.45, 7) is 0. The lowest BCUT2D eigenvalue weighted by Gasteiger charge is -2.20. The minimum atomic E-state index is -1.34. The number of hydrogen-bond donors (Lipinski definition) is 2. The zero-order valence-corrected chi connectivity index (χ0v) is 10.1. The topological polar surface area (TPSA) is 66.8 Å². The van der Waals surface area contributed by atoms with Crippen molar-refractivity contribution in [3.05, 3.63) is 66.2 Å². The highest BCUT2D eigenvalue weighted by Gasteiger charge is 2.29. The molecule has 0 aliphatic rings. The Labute approximate surface area is 110 Å². The van der Waals surface area contributed by atoms with Crippen LogP contribution in [-0.4, -0.2) is 22.3 Å². The first-order valence-electron chi connectivity index (χ1n) is 5.86. The van der Waals surface area contributed by atoms with E-state index in [-0.39, 0.29) is 0 Å². The van der Waals surface area contributed by atoms with Gasteiger partial charge in [0.2, 0.25) is 6.10 Å². The second kappa shape index (κ2) is 6.02. The first-order chi connectivity index (χ1) is 9.18. The van der Waals surface area contributed by atoms with Crippen molar-refractivity contribution >= 4 is 5.97 Å². The fourth-order valence-electron chi connectivity index (χ4n) is 1.72. The Balaban J connectivity index is 2.19. The van der Waals surface area contributed by atoms with Crippen LogP contribution in [0, 0.1) is 0 Å². The predicted molar refractivity (Wildman–Crippen MR) is 69.9 cm³/mol. The summed E-state index contributed by atoms with van der Waals surface area (Å²) in [6, 6.07) is 17.2. The number of ether oxygens (including phenoxy) is 1. The Morgan fingerprint density at radius 2 is 1.47 bits per heavy atom. The van der Waals surface area contributed by atoms with E-state index in [1.165, 1.54) is 0 Å². The number of carboxylic acid groups (broad SMARTS) is 1. The standard InChI is InChI=1S/C15H14O4/c16-13(11-7-3-1-4-8-11)14(15(17)18)19-12-9-5-2-6-10-12/h1-10,13-14,16H,(H,17,18)/t13-,14-/m1/s1. The van der Waals surface area contributed by atoms with E-state index < -0.39 is 18.2 Å². The van der Waals surface area contributed by atoms with Gasteiger partial charge >= 0.3 is 5.97 Å². The van der Waals surface area contributed by atoms with E-state index >= 15 is 0 Å². The van der Waals surface area contributed by atoms with Crippen LogP contribution in [0.1, 0.15) is 11.7 Å². The third-order valence-electron chi connectivity index (χ3n) is 2.68. The molecule has 0 aliphatic carbocycles. The lowest BCUT2D eigenvalue weighted by Crippen LogP contribution is -2.33. The zero-order valence-electron chi connectivity index (χ0n) is 10.1. The second-order valence-corrected chi connectivity index (χ2v) is 4.05. The van der Waals surface area contributed by atoms with Gasteiger partial charge in [-0.05, 0) is 17.7 Å². The molecular formula is C15H14O4. The van der Waals surface area contributed by atoms with Crippen LogP contribution in [0.5, 0.6) is 5.75 Å². The van der Waals surface area contributed by atoms with Crippen molar-refractivity contribution < 1.29 is 19.7 Å². The summed E-state index contributed by atoms with van der Waals surface area (Å²) in [5.74, 6) is -0.801. The molecule has 2 N–H and O–H groups in total. The Hall–Kier alpha value is -2.33. The van der Waals surface area contributed by atoms with Gasteiger partial charge in [-0.1, -0.05) is 48.5 Å². The summed E-state index contributed by atoms with van der Waals surface area (Å²) in [7, 11) is 0. The molecule has 0 saturated carbocycles. The molecule has 0 aliphatic heterocycles. The van der Waals surface area contributed by atoms with Gasteiger partial charge in [0.15, 0.2) is 0 Å². The van der Waals surface area contributed by atoms with Crippen molar-refractivity contribution in [2.24, 2.45) is 0 Å². The molecule has 0 bridgehead atoms. The van der Waals surface area contributed by atoms with E-state index in [4.69, 9.17) is 4.74 Å². The molecule has 0 aromatic heterocycles. The van der Waals surface area contributed by atoms with Crippen molar-refractivity contribution in [3.8, 4) is 5.75 Å². The number of hydrogen-bond acceptors (Lipinski definition) is 3.